The van der Waals surface area contributed by atoms with Crippen molar-refractivity contribution in [2.75, 3.05) is 13.1 Å². The standard InChI is InChI=1S/C16H23N3O2/c1-16(2,3)21-15(20)19-10-13(9-17)12-5-4-11-6-7-18-14(11)8-12/h4-8,13,18H,9-10,17H2,1-3H3,(H,19,20). The van der Waals surface area contributed by atoms with Crippen molar-refractivity contribution in [2.24, 2.45) is 5.73 Å². The highest BCUT2D eigenvalue weighted by atomic mass is 16.6. The van der Waals surface area contributed by atoms with Crippen LogP contribution in [0.1, 0.15) is 32.3 Å². The van der Waals surface area contributed by atoms with Crippen LogP contribution in [0.5, 0.6) is 0 Å². The predicted octanol–water partition coefficient (Wildman–Crippen LogP) is 2.73. The Morgan fingerprint density at radius 3 is 2.81 bits per heavy atom. The third kappa shape index (κ3) is 4.23. The van der Waals surface area contributed by atoms with Gasteiger partial charge in [-0.1, -0.05) is 12.1 Å². The molecular formula is C16H23N3O2. The maximum atomic E-state index is 11.7. The van der Waals surface area contributed by atoms with Gasteiger partial charge in [-0.15, -0.1) is 0 Å². The van der Waals surface area contributed by atoms with Crippen molar-refractivity contribution in [3.8, 4) is 0 Å². The van der Waals surface area contributed by atoms with Crippen LogP contribution in [0, 0.1) is 0 Å². The van der Waals surface area contributed by atoms with E-state index >= 15 is 0 Å². The number of benzene rings is 1. The van der Waals surface area contributed by atoms with Crippen LogP contribution in [0.2, 0.25) is 0 Å². The van der Waals surface area contributed by atoms with Gasteiger partial charge in [-0.05, 0) is 43.9 Å². The molecule has 5 heteroatoms. The maximum absolute atomic E-state index is 11.7. The molecule has 1 atom stereocenters. The molecule has 4 N–H and O–H groups in total. The molecule has 21 heavy (non-hydrogen) atoms. The van der Waals surface area contributed by atoms with E-state index in [4.69, 9.17) is 10.5 Å². The van der Waals surface area contributed by atoms with Crippen molar-refractivity contribution < 1.29 is 9.53 Å². The van der Waals surface area contributed by atoms with Gasteiger partial charge in [0.25, 0.3) is 0 Å². The first-order valence-electron chi connectivity index (χ1n) is 7.13. The lowest BCUT2D eigenvalue weighted by Crippen LogP contribution is -2.36. The van der Waals surface area contributed by atoms with Gasteiger partial charge in [-0.25, -0.2) is 4.79 Å². The number of aromatic nitrogens is 1. The van der Waals surface area contributed by atoms with E-state index in [1.165, 1.54) is 0 Å². The van der Waals surface area contributed by atoms with E-state index in [1.807, 2.05) is 39.1 Å². The minimum absolute atomic E-state index is 0.0604. The first-order chi connectivity index (χ1) is 9.89. The quantitative estimate of drug-likeness (QED) is 0.809. The van der Waals surface area contributed by atoms with Gasteiger partial charge in [0.15, 0.2) is 0 Å². The Morgan fingerprint density at radius 1 is 1.38 bits per heavy atom. The Morgan fingerprint density at radius 2 is 2.14 bits per heavy atom. The van der Waals surface area contributed by atoms with E-state index in [1.54, 1.807) is 0 Å². The summed E-state index contributed by atoms with van der Waals surface area (Å²) in [6.07, 6.45) is 1.49. The lowest BCUT2D eigenvalue weighted by molar-refractivity contribution is 0.0525. The van der Waals surface area contributed by atoms with Crippen molar-refractivity contribution in [3.05, 3.63) is 36.0 Å². The van der Waals surface area contributed by atoms with Crippen molar-refractivity contribution >= 4 is 17.0 Å². The lowest BCUT2D eigenvalue weighted by Gasteiger charge is -2.21. The summed E-state index contributed by atoms with van der Waals surface area (Å²) in [6, 6.07) is 8.20. The number of rotatable bonds is 4. The zero-order valence-electron chi connectivity index (χ0n) is 12.8. The molecule has 1 aromatic heterocycles. The number of hydrogen-bond acceptors (Lipinski definition) is 3. The molecule has 1 aromatic carbocycles. The fourth-order valence-corrected chi connectivity index (χ4v) is 2.18. The van der Waals surface area contributed by atoms with Crippen molar-refractivity contribution in [2.45, 2.75) is 32.3 Å². The molecule has 1 heterocycles. The van der Waals surface area contributed by atoms with E-state index < -0.39 is 11.7 Å². The fourth-order valence-electron chi connectivity index (χ4n) is 2.18. The molecule has 114 valence electrons. The molecule has 0 radical (unpaired) electrons. The van der Waals surface area contributed by atoms with Gasteiger partial charge in [-0.3, -0.25) is 0 Å². The normalized spacial score (nSPS) is 13.1. The molecule has 0 saturated carbocycles. The smallest absolute Gasteiger partial charge is 0.407 e. The van der Waals surface area contributed by atoms with Crippen LogP contribution in [-0.2, 0) is 4.74 Å². The number of hydrogen-bond donors (Lipinski definition) is 3. The Labute approximate surface area is 124 Å². The molecule has 0 spiro atoms. The van der Waals surface area contributed by atoms with Crippen LogP contribution in [0.25, 0.3) is 10.9 Å². The van der Waals surface area contributed by atoms with Gasteiger partial charge >= 0.3 is 6.09 Å². The highest BCUT2D eigenvalue weighted by Crippen LogP contribution is 2.20. The third-order valence-corrected chi connectivity index (χ3v) is 3.23. The van der Waals surface area contributed by atoms with E-state index in [0.29, 0.717) is 13.1 Å². The number of carbonyl (C=O) groups is 1. The zero-order chi connectivity index (χ0) is 15.5. The molecule has 0 aliphatic heterocycles. The first kappa shape index (κ1) is 15.4. The number of alkyl carbamates (subject to hydrolysis) is 1. The summed E-state index contributed by atoms with van der Waals surface area (Å²) < 4.78 is 5.23. The molecule has 0 fully saturated rings. The summed E-state index contributed by atoms with van der Waals surface area (Å²) in [7, 11) is 0. The van der Waals surface area contributed by atoms with Gasteiger partial charge in [0.2, 0.25) is 0 Å². The highest BCUT2D eigenvalue weighted by Gasteiger charge is 2.18. The lowest BCUT2D eigenvalue weighted by atomic mass is 9.98. The number of nitrogens with two attached hydrogens (primary N) is 1. The molecule has 0 bridgehead atoms. The molecule has 1 unspecified atom stereocenters. The predicted molar refractivity (Wildman–Crippen MR) is 84.3 cm³/mol. The minimum atomic E-state index is -0.495. The average Bonchev–Trinajstić information content (AvgIpc) is 2.84. The molecule has 2 rings (SSSR count). The molecule has 5 nitrogen and oxygen atoms in total. The summed E-state index contributed by atoms with van der Waals surface area (Å²) in [5.41, 5.74) is 7.51. The largest absolute Gasteiger partial charge is 0.444 e. The Balaban J connectivity index is 2.01. The summed E-state index contributed by atoms with van der Waals surface area (Å²) in [5.74, 6) is 0.0604. The van der Waals surface area contributed by atoms with E-state index in [0.717, 1.165) is 16.5 Å². The van der Waals surface area contributed by atoms with Crippen LogP contribution in [0.4, 0.5) is 4.79 Å². The second-order valence-corrected chi connectivity index (χ2v) is 6.14. The topological polar surface area (TPSA) is 80.1 Å². The number of ether oxygens (including phenoxy) is 1. The molecular weight excluding hydrogens is 266 g/mol. The molecule has 0 aliphatic carbocycles. The van der Waals surface area contributed by atoms with Crippen LogP contribution >= 0.6 is 0 Å². The van der Waals surface area contributed by atoms with E-state index in [2.05, 4.69) is 22.4 Å². The van der Waals surface area contributed by atoms with Crippen LogP contribution in [0.3, 0.4) is 0 Å². The average molecular weight is 289 g/mol. The van der Waals surface area contributed by atoms with Gasteiger partial charge in [0.1, 0.15) is 5.60 Å². The number of fused-ring (bicyclic) bond motifs is 1. The third-order valence-electron chi connectivity index (χ3n) is 3.23. The SMILES string of the molecule is CC(C)(C)OC(=O)NCC(CN)c1ccc2cc[nH]c2c1. The number of H-pyrrole nitrogens is 1. The molecule has 2 aromatic rings. The summed E-state index contributed by atoms with van der Waals surface area (Å²) in [6.45, 7) is 6.43. The fraction of sp³-hybridized carbons (Fsp3) is 0.438. The van der Waals surface area contributed by atoms with Crippen LogP contribution in [-0.4, -0.2) is 29.8 Å². The zero-order valence-corrected chi connectivity index (χ0v) is 12.8. The minimum Gasteiger partial charge on any atom is -0.444 e. The Kier molecular flexibility index (Phi) is 4.53. The first-order valence-corrected chi connectivity index (χ1v) is 7.13. The van der Waals surface area contributed by atoms with E-state index in [-0.39, 0.29) is 5.92 Å². The van der Waals surface area contributed by atoms with Gasteiger partial charge < -0.3 is 20.8 Å². The maximum Gasteiger partial charge on any atom is 0.407 e. The van der Waals surface area contributed by atoms with Crippen molar-refractivity contribution in [1.82, 2.24) is 10.3 Å². The summed E-state index contributed by atoms with van der Waals surface area (Å²) >= 11 is 0. The second-order valence-electron chi connectivity index (χ2n) is 6.14. The molecule has 1 amide bonds. The highest BCUT2D eigenvalue weighted by molar-refractivity contribution is 5.80. The Hall–Kier alpha value is -2.01. The van der Waals surface area contributed by atoms with Crippen molar-refractivity contribution in [3.63, 3.8) is 0 Å². The Bertz CT molecular complexity index is 613. The van der Waals surface area contributed by atoms with Crippen molar-refractivity contribution in [1.29, 1.82) is 0 Å². The second kappa shape index (κ2) is 6.18. The van der Waals surface area contributed by atoms with Gasteiger partial charge in [-0.2, -0.15) is 0 Å². The number of aromatic amines is 1. The van der Waals surface area contributed by atoms with Gasteiger partial charge in [0.05, 0.1) is 0 Å². The monoisotopic (exact) mass is 289 g/mol. The number of amides is 1. The molecule has 0 saturated heterocycles. The number of nitrogens with one attached hydrogen (secondary N) is 2. The summed E-state index contributed by atoms with van der Waals surface area (Å²) in [5, 5.41) is 3.94. The van der Waals surface area contributed by atoms with Gasteiger partial charge in [0, 0.05) is 30.7 Å². The van der Waals surface area contributed by atoms with Crippen LogP contribution in [0.15, 0.2) is 30.5 Å². The van der Waals surface area contributed by atoms with Crippen LogP contribution < -0.4 is 11.1 Å². The summed E-state index contributed by atoms with van der Waals surface area (Å²) in [4.78, 5) is 14.9. The molecule has 0 aliphatic rings. The number of carbonyl (C=O) groups excluding carboxylic acids is 1. The van der Waals surface area contributed by atoms with E-state index in [9.17, 15) is 4.79 Å².